The van der Waals surface area contributed by atoms with Gasteiger partial charge >= 0.3 is 0 Å². The van der Waals surface area contributed by atoms with Gasteiger partial charge in [0.05, 0.1) is 6.04 Å². The molecular formula is C18H17NO. The largest absolute Gasteiger partial charge is 0.350 e. The first-order chi connectivity index (χ1) is 9.66. The fraction of sp³-hybridized carbons (Fsp3) is 0.167. The molecule has 100 valence electrons. The van der Waals surface area contributed by atoms with E-state index in [-0.39, 0.29) is 11.9 Å². The maximum atomic E-state index is 11.4. The van der Waals surface area contributed by atoms with Crippen LogP contribution in [0.5, 0.6) is 0 Å². The Kier molecular flexibility index (Phi) is 3.15. The zero-order valence-corrected chi connectivity index (χ0v) is 11.7. The molecule has 0 fully saturated rings. The number of amides is 1. The summed E-state index contributed by atoms with van der Waals surface area (Å²) in [7, 11) is 0. The number of hydrogen-bond acceptors (Lipinski definition) is 1. The molecule has 0 bridgehead atoms. The third-order valence-electron chi connectivity index (χ3n) is 3.67. The number of nitrogens with one attached hydrogen (secondary N) is 1. The molecule has 0 aliphatic rings. The molecule has 3 rings (SSSR count). The highest BCUT2D eigenvalue weighted by Gasteiger charge is 2.14. The van der Waals surface area contributed by atoms with Gasteiger partial charge in [-0.05, 0) is 40.1 Å². The molecule has 0 heterocycles. The number of rotatable bonds is 2. The van der Waals surface area contributed by atoms with Gasteiger partial charge in [-0.25, -0.2) is 0 Å². The molecule has 0 aliphatic carbocycles. The minimum atomic E-state index is -0.0106. The topological polar surface area (TPSA) is 29.1 Å². The Morgan fingerprint density at radius 3 is 1.95 bits per heavy atom. The van der Waals surface area contributed by atoms with Crippen LogP contribution in [0.3, 0.4) is 0 Å². The lowest BCUT2D eigenvalue weighted by atomic mass is 9.93. The van der Waals surface area contributed by atoms with E-state index >= 15 is 0 Å². The molecule has 0 saturated heterocycles. The molecule has 2 nitrogen and oxygen atoms in total. The molecule has 2 heteroatoms. The van der Waals surface area contributed by atoms with Crippen molar-refractivity contribution in [2.45, 2.75) is 19.9 Å². The maximum Gasteiger partial charge on any atom is 0.217 e. The van der Waals surface area contributed by atoms with E-state index in [9.17, 15) is 4.79 Å². The van der Waals surface area contributed by atoms with Crippen LogP contribution in [0.4, 0.5) is 0 Å². The maximum absolute atomic E-state index is 11.4. The highest BCUT2D eigenvalue weighted by molar-refractivity contribution is 6.02. The summed E-state index contributed by atoms with van der Waals surface area (Å²) >= 11 is 0. The number of hydrogen-bond donors (Lipinski definition) is 1. The minimum absolute atomic E-state index is 0.00508. The van der Waals surface area contributed by atoms with E-state index in [0.717, 1.165) is 0 Å². The van der Waals surface area contributed by atoms with E-state index in [1.165, 1.54) is 27.1 Å². The van der Waals surface area contributed by atoms with Gasteiger partial charge in [0.2, 0.25) is 5.91 Å². The van der Waals surface area contributed by atoms with Crippen molar-refractivity contribution >= 4 is 27.5 Å². The number of carbonyl (C=O) groups excluding carboxylic acids is 1. The zero-order chi connectivity index (χ0) is 14.1. The van der Waals surface area contributed by atoms with Crippen molar-refractivity contribution in [3.8, 4) is 0 Å². The van der Waals surface area contributed by atoms with Crippen molar-refractivity contribution in [2.24, 2.45) is 0 Å². The van der Waals surface area contributed by atoms with Gasteiger partial charge in [0, 0.05) is 6.92 Å². The Balaban J connectivity index is 2.35. The van der Waals surface area contributed by atoms with E-state index in [4.69, 9.17) is 0 Å². The quantitative estimate of drug-likeness (QED) is 0.690. The van der Waals surface area contributed by atoms with E-state index in [1.807, 2.05) is 31.2 Å². The molecule has 0 aromatic heterocycles. The van der Waals surface area contributed by atoms with Gasteiger partial charge in [-0.15, -0.1) is 0 Å². The van der Waals surface area contributed by atoms with Crippen molar-refractivity contribution in [1.82, 2.24) is 5.32 Å². The minimum Gasteiger partial charge on any atom is -0.350 e. The van der Waals surface area contributed by atoms with Crippen molar-refractivity contribution in [2.75, 3.05) is 0 Å². The summed E-state index contributed by atoms with van der Waals surface area (Å²) in [5.41, 5.74) is 1.19. The Morgan fingerprint density at radius 2 is 1.45 bits per heavy atom. The highest BCUT2D eigenvalue weighted by Crippen LogP contribution is 2.32. The highest BCUT2D eigenvalue weighted by atomic mass is 16.1. The lowest BCUT2D eigenvalue weighted by Gasteiger charge is -2.18. The lowest BCUT2D eigenvalue weighted by molar-refractivity contribution is -0.119. The molecule has 1 N–H and O–H groups in total. The van der Waals surface area contributed by atoms with E-state index in [0.29, 0.717) is 0 Å². The van der Waals surface area contributed by atoms with E-state index < -0.39 is 0 Å². The second-order valence-corrected chi connectivity index (χ2v) is 5.15. The van der Waals surface area contributed by atoms with Crippen LogP contribution in [0, 0.1) is 0 Å². The Labute approximate surface area is 118 Å². The van der Waals surface area contributed by atoms with Crippen LogP contribution in [-0.4, -0.2) is 5.91 Å². The average Bonchev–Trinajstić information content (AvgIpc) is 2.43. The Hall–Kier alpha value is -2.35. The van der Waals surface area contributed by atoms with Crippen molar-refractivity contribution in [1.29, 1.82) is 0 Å². The Bertz CT molecular complexity index is 738. The van der Waals surface area contributed by atoms with Crippen LogP contribution in [0.1, 0.15) is 25.5 Å². The SMILES string of the molecule is CC(=O)N[C@@H](C)c1c2ccccc2cc2ccccc12. The van der Waals surface area contributed by atoms with Gasteiger partial charge in [-0.1, -0.05) is 48.5 Å². The van der Waals surface area contributed by atoms with Crippen molar-refractivity contribution < 1.29 is 4.79 Å². The van der Waals surface area contributed by atoms with Gasteiger partial charge in [0.15, 0.2) is 0 Å². The van der Waals surface area contributed by atoms with Gasteiger partial charge in [0.25, 0.3) is 0 Å². The predicted molar refractivity (Wildman–Crippen MR) is 83.7 cm³/mol. The molecule has 3 aromatic rings. The third kappa shape index (κ3) is 2.14. The molecule has 0 spiro atoms. The standard InChI is InChI=1S/C18H17NO/c1-12(19-13(2)20)18-16-9-5-3-7-14(16)11-15-8-4-6-10-17(15)18/h3-12H,1-2H3,(H,19,20)/t12-/m0/s1. The summed E-state index contributed by atoms with van der Waals surface area (Å²) in [6.45, 7) is 3.60. The normalized spacial score (nSPS) is 12.5. The van der Waals surface area contributed by atoms with Crippen molar-refractivity contribution in [3.05, 3.63) is 60.2 Å². The van der Waals surface area contributed by atoms with Gasteiger partial charge in [-0.2, -0.15) is 0 Å². The summed E-state index contributed by atoms with van der Waals surface area (Å²) in [5, 5.41) is 7.82. The van der Waals surface area contributed by atoms with Crippen LogP contribution in [0.2, 0.25) is 0 Å². The second-order valence-electron chi connectivity index (χ2n) is 5.15. The lowest BCUT2D eigenvalue weighted by Crippen LogP contribution is -2.24. The third-order valence-corrected chi connectivity index (χ3v) is 3.67. The molecule has 0 aliphatic heterocycles. The first kappa shape index (κ1) is 12.7. The zero-order valence-electron chi connectivity index (χ0n) is 11.7. The van der Waals surface area contributed by atoms with Crippen LogP contribution in [0.15, 0.2) is 54.6 Å². The summed E-state index contributed by atoms with van der Waals surface area (Å²) in [6.07, 6.45) is 0. The van der Waals surface area contributed by atoms with E-state index in [2.05, 4.69) is 35.6 Å². The first-order valence-electron chi connectivity index (χ1n) is 6.84. The number of carbonyl (C=O) groups is 1. The number of fused-ring (bicyclic) bond motifs is 2. The summed E-state index contributed by atoms with van der Waals surface area (Å²) < 4.78 is 0. The summed E-state index contributed by atoms with van der Waals surface area (Å²) in [4.78, 5) is 11.4. The molecule has 20 heavy (non-hydrogen) atoms. The van der Waals surface area contributed by atoms with Crippen LogP contribution < -0.4 is 5.32 Å². The fourth-order valence-corrected chi connectivity index (χ4v) is 2.89. The predicted octanol–water partition coefficient (Wildman–Crippen LogP) is 4.19. The first-order valence-corrected chi connectivity index (χ1v) is 6.84. The van der Waals surface area contributed by atoms with Gasteiger partial charge in [0.1, 0.15) is 0 Å². The van der Waals surface area contributed by atoms with Crippen molar-refractivity contribution in [3.63, 3.8) is 0 Å². The molecule has 0 unspecified atom stereocenters. The van der Waals surface area contributed by atoms with Gasteiger partial charge in [-0.3, -0.25) is 4.79 Å². The van der Waals surface area contributed by atoms with Crippen LogP contribution >= 0.6 is 0 Å². The second kappa shape index (κ2) is 4.97. The Morgan fingerprint density at radius 1 is 0.950 bits per heavy atom. The fourth-order valence-electron chi connectivity index (χ4n) is 2.89. The molecule has 3 aromatic carbocycles. The molecule has 1 atom stereocenters. The van der Waals surface area contributed by atoms with Crippen LogP contribution in [0.25, 0.3) is 21.5 Å². The molecular weight excluding hydrogens is 246 g/mol. The number of benzene rings is 3. The van der Waals surface area contributed by atoms with E-state index in [1.54, 1.807) is 6.92 Å². The molecule has 1 amide bonds. The molecule has 0 radical (unpaired) electrons. The smallest absolute Gasteiger partial charge is 0.217 e. The monoisotopic (exact) mass is 263 g/mol. The summed E-state index contributed by atoms with van der Waals surface area (Å²) in [6, 6.07) is 18.8. The van der Waals surface area contributed by atoms with Crippen LogP contribution in [-0.2, 0) is 4.79 Å². The summed E-state index contributed by atoms with van der Waals surface area (Å²) in [5.74, 6) is -0.00508. The molecule has 0 saturated carbocycles. The average molecular weight is 263 g/mol. The van der Waals surface area contributed by atoms with Gasteiger partial charge < -0.3 is 5.32 Å².